The lowest BCUT2D eigenvalue weighted by atomic mass is 9.95. The minimum absolute atomic E-state index is 0.00992. The molecule has 1 aromatic heterocycles. The summed E-state index contributed by atoms with van der Waals surface area (Å²) in [4.78, 5) is 32.3. The van der Waals surface area contributed by atoms with Crippen molar-refractivity contribution in [3.63, 3.8) is 0 Å². The molecule has 122 valence electrons. The van der Waals surface area contributed by atoms with Gasteiger partial charge in [0.1, 0.15) is 0 Å². The van der Waals surface area contributed by atoms with E-state index in [9.17, 15) is 14.0 Å². The van der Waals surface area contributed by atoms with Crippen LogP contribution in [0.25, 0.3) is 0 Å². The Morgan fingerprint density at radius 3 is 2.70 bits per heavy atom. The van der Waals surface area contributed by atoms with Gasteiger partial charge in [0.2, 0.25) is 5.91 Å². The minimum Gasteiger partial charge on any atom is -0.335 e. The largest absolute Gasteiger partial charge is 0.335 e. The Bertz CT molecular complexity index is 632. The average Bonchev–Trinajstić information content (AvgIpc) is 3.17. The highest BCUT2D eigenvalue weighted by molar-refractivity contribution is 5.89. The van der Waals surface area contributed by atoms with Gasteiger partial charge in [-0.3, -0.25) is 14.6 Å². The molecular formula is C17H20FN3O2. The topological polar surface area (TPSA) is 53.5 Å². The van der Waals surface area contributed by atoms with Crippen LogP contribution in [0.15, 0.2) is 24.5 Å². The van der Waals surface area contributed by atoms with Gasteiger partial charge in [-0.2, -0.15) is 0 Å². The third-order valence-electron chi connectivity index (χ3n) is 5.32. The number of carbonyl (C=O) groups is 2. The first-order valence-electron chi connectivity index (χ1n) is 8.27. The Hall–Kier alpha value is -1.98. The van der Waals surface area contributed by atoms with Gasteiger partial charge in [0.15, 0.2) is 5.67 Å². The molecule has 6 heteroatoms. The van der Waals surface area contributed by atoms with Crippen molar-refractivity contribution in [1.29, 1.82) is 0 Å². The second-order valence-electron chi connectivity index (χ2n) is 6.80. The number of rotatable bonds is 3. The summed E-state index contributed by atoms with van der Waals surface area (Å²) in [5, 5.41) is 0. The normalized spacial score (nSPS) is 28.7. The highest BCUT2D eigenvalue weighted by Crippen LogP contribution is 2.44. The van der Waals surface area contributed by atoms with Gasteiger partial charge in [-0.05, 0) is 43.4 Å². The highest BCUT2D eigenvalue weighted by Gasteiger charge is 2.56. The standard InChI is InChI=1S/C17H20FN3O2/c18-17(6-7-17)16(23)20-10-5-14-13(20)1-2-15(22)21(14)11-12-3-8-19-9-4-12/h3-4,8-9,13-14H,1-2,5-7,10-11H2/t13-,14-/m1/s1. The second kappa shape index (κ2) is 5.28. The number of carbonyl (C=O) groups excluding carboxylic acids is 2. The highest BCUT2D eigenvalue weighted by atomic mass is 19.1. The van der Waals surface area contributed by atoms with Gasteiger partial charge < -0.3 is 9.80 Å². The molecule has 0 bridgehead atoms. The zero-order valence-electron chi connectivity index (χ0n) is 12.9. The third-order valence-corrected chi connectivity index (χ3v) is 5.32. The van der Waals surface area contributed by atoms with E-state index in [1.54, 1.807) is 17.3 Å². The predicted octanol–water partition coefficient (Wildman–Crippen LogP) is 1.68. The quantitative estimate of drug-likeness (QED) is 0.852. The summed E-state index contributed by atoms with van der Waals surface area (Å²) in [6, 6.07) is 3.77. The van der Waals surface area contributed by atoms with E-state index in [1.807, 2.05) is 17.0 Å². The van der Waals surface area contributed by atoms with Crippen LogP contribution in [0.3, 0.4) is 0 Å². The van der Waals surface area contributed by atoms with Crippen molar-refractivity contribution in [3.8, 4) is 0 Å². The van der Waals surface area contributed by atoms with Crippen LogP contribution in [0.2, 0.25) is 0 Å². The van der Waals surface area contributed by atoms with Crippen molar-refractivity contribution in [3.05, 3.63) is 30.1 Å². The number of amides is 2. The predicted molar refractivity (Wildman–Crippen MR) is 81.0 cm³/mol. The molecule has 3 heterocycles. The Kier molecular flexibility index (Phi) is 3.36. The van der Waals surface area contributed by atoms with E-state index in [0.29, 0.717) is 38.8 Å². The Balaban J connectivity index is 1.53. The van der Waals surface area contributed by atoms with E-state index in [4.69, 9.17) is 0 Å². The molecular weight excluding hydrogens is 297 g/mol. The van der Waals surface area contributed by atoms with Crippen LogP contribution in [0.5, 0.6) is 0 Å². The van der Waals surface area contributed by atoms with Crippen molar-refractivity contribution in [2.45, 2.75) is 56.4 Å². The number of halogens is 1. The van der Waals surface area contributed by atoms with Crippen LogP contribution in [-0.2, 0) is 16.1 Å². The summed E-state index contributed by atoms with van der Waals surface area (Å²) in [6.45, 7) is 1.09. The lowest BCUT2D eigenvalue weighted by Gasteiger charge is -2.40. The van der Waals surface area contributed by atoms with E-state index in [1.165, 1.54) is 0 Å². The first-order valence-corrected chi connectivity index (χ1v) is 8.27. The van der Waals surface area contributed by atoms with Crippen LogP contribution in [-0.4, -0.2) is 50.9 Å². The molecule has 3 fully saturated rings. The number of aromatic nitrogens is 1. The average molecular weight is 317 g/mol. The Morgan fingerprint density at radius 2 is 2.00 bits per heavy atom. The van der Waals surface area contributed by atoms with Crippen LogP contribution in [0.4, 0.5) is 4.39 Å². The lowest BCUT2D eigenvalue weighted by molar-refractivity contribution is -0.145. The van der Waals surface area contributed by atoms with E-state index < -0.39 is 5.67 Å². The van der Waals surface area contributed by atoms with Crippen molar-refractivity contribution < 1.29 is 14.0 Å². The fraction of sp³-hybridized carbons (Fsp3) is 0.588. The van der Waals surface area contributed by atoms with E-state index >= 15 is 0 Å². The number of alkyl halides is 1. The van der Waals surface area contributed by atoms with E-state index in [2.05, 4.69) is 4.98 Å². The molecule has 0 spiro atoms. The van der Waals surface area contributed by atoms with Crippen LogP contribution in [0.1, 0.15) is 37.7 Å². The van der Waals surface area contributed by atoms with Gasteiger partial charge >= 0.3 is 0 Å². The zero-order chi connectivity index (χ0) is 16.0. The van der Waals surface area contributed by atoms with Gasteiger partial charge in [0, 0.05) is 31.9 Å². The maximum absolute atomic E-state index is 14.1. The number of fused-ring (bicyclic) bond motifs is 1. The summed E-state index contributed by atoms with van der Waals surface area (Å²) >= 11 is 0. The number of piperidine rings is 1. The summed E-state index contributed by atoms with van der Waals surface area (Å²) in [5.74, 6) is -0.234. The van der Waals surface area contributed by atoms with E-state index in [0.717, 1.165) is 12.0 Å². The molecule has 5 nitrogen and oxygen atoms in total. The number of nitrogens with zero attached hydrogens (tertiary/aromatic N) is 3. The first kappa shape index (κ1) is 14.6. The summed E-state index contributed by atoms with van der Waals surface area (Å²) < 4.78 is 14.1. The van der Waals surface area contributed by atoms with Crippen molar-refractivity contribution >= 4 is 11.8 Å². The molecule has 2 amide bonds. The van der Waals surface area contributed by atoms with Gasteiger partial charge in [0.25, 0.3) is 5.91 Å². The maximum Gasteiger partial charge on any atom is 0.260 e. The van der Waals surface area contributed by atoms with Crippen molar-refractivity contribution in [2.75, 3.05) is 6.54 Å². The van der Waals surface area contributed by atoms with Crippen molar-refractivity contribution in [2.24, 2.45) is 0 Å². The summed E-state index contributed by atoms with van der Waals surface area (Å²) in [7, 11) is 0. The number of likely N-dealkylation sites (tertiary alicyclic amines) is 2. The molecule has 2 saturated heterocycles. The fourth-order valence-corrected chi connectivity index (χ4v) is 3.87. The molecule has 0 radical (unpaired) electrons. The number of hydrogen-bond donors (Lipinski definition) is 0. The fourth-order valence-electron chi connectivity index (χ4n) is 3.87. The maximum atomic E-state index is 14.1. The molecule has 2 aliphatic heterocycles. The van der Waals surface area contributed by atoms with E-state index in [-0.39, 0.29) is 23.9 Å². The minimum atomic E-state index is -1.62. The molecule has 2 atom stereocenters. The SMILES string of the molecule is O=C1CC[C@@H]2[C@@H](CCN2C(=O)C2(F)CC2)N1Cc1ccncc1. The molecule has 1 aliphatic carbocycles. The first-order chi connectivity index (χ1) is 11.1. The molecule has 0 N–H and O–H groups in total. The number of hydrogen-bond acceptors (Lipinski definition) is 3. The molecule has 1 saturated carbocycles. The monoisotopic (exact) mass is 317 g/mol. The second-order valence-corrected chi connectivity index (χ2v) is 6.80. The third kappa shape index (κ3) is 2.50. The lowest BCUT2D eigenvalue weighted by Crippen LogP contribution is -2.54. The molecule has 0 aromatic carbocycles. The zero-order valence-corrected chi connectivity index (χ0v) is 12.9. The van der Waals surface area contributed by atoms with Gasteiger partial charge in [-0.25, -0.2) is 4.39 Å². The van der Waals surface area contributed by atoms with Crippen LogP contribution < -0.4 is 0 Å². The van der Waals surface area contributed by atoms with Crippen molar-refractivity contribution in [1.82, 2.24) is 14.8 Å². The van der Waals surface area contributed by atoms with Crippen LogP contribution in [0, 0.1) is 0 Å². The molecule has 0 unspecified atom stereocenters. The molecule has 23 heavy (non-hydrogen) atoms. The molecule has 3 aliphatic rings. The molecule has 1 aromatic rings. The summed E-state index contributed by atoms with van der Waals surface area (Å²) in [5.41, 5.74) is -0.588. The Labute approximate surface area is 134 Å². The number of pyridine rings is 1. The van der Waals surface area contributed by atoms with Gasteiger partial charge in [-0.1, -0.05) is 0 Å². The van der Waals surface area contributed by atoms with Gasteiger partial charge in [0.05, 0.1) is 12.1 Å². The van der Waals surface area contributed by atoms with Gasteiger partial charge in [-0.15, -0.1) is 0 Å². The Morgan fingerprint density at radius 1 is 1.26 bits per heavy atom. The summed E-state index contributed by atoms with van der Waals surface area (Å²) in [6.07, 6.45) is 5.94. The molecule has 4 rings (SSSR count). The smallest absolute Gasteiger partial charge is 0.260 e. The van der Waals surface area contributed by atoms with Crippen LogP contribution >= 0.6 is 0 Å².